The van der Waals surface area contributed by atoms with Crippen molar-refractivity contribution in [2.24, 2.45) is 0 Å². The quantitative estimate of drug-likeness (QED) is 0.713. The van der Waals surface area contributed by atoms with Gasteiger partial charge < -0.3 is 9.26 Å². The first kappa shape index (κ1) is 12.2. The van der Waals surface area contributed by atoms with Crippen LogP contribution in [0.3, 0.4) is 0 Å². The zero-order valence-corrected chi connectivity index (χ0v) is 11.1. The zero-order chi connectivity index (χ0) is 14.1. The van der Waals surface area contributed by atoms with E-state index in [1.807, 2.05) is 12.1 Å². The van der Waals surface area contributed by atoms with Crippen molar-refractivity contribution in [3.63, 3.8) is 0 Å². The van der Waals surface area contributed by atoms with Crippen LogP contribution in [0, 0.1) is 0 Å². The van der Waals surface area contributed by atoms with Crippen LogP contribution in [0.5, 0.6) is 0 Å². The summed E-state index contributed by atoms with van der Waals surface area (Å²) in [5.41, 5.74) is 0.811. The maximum Gasteiger partial charge on any atom is 0.258 e. The molecule has 106 valence electrons. The van der Waals surface area contributed by atoms with Crippen LogP contribution < -0.4 is 0 Å². The second kappa shape index (κ2) is 5.06. The Morgan fingerprint density at radius 1 is 1.24 bits per heavy atom. The van der Waals surface area contributed by atoms with Gasteiger partial charge in [-0.2, -0.15) is 4.98 Å². The molecular formula is C13H12N6O2. The first-order valence-corrected chi connectivity index (χ1v) is 6.63. The van der Waals surface area contributed by atoms with E-state index >= 15 is 0 Å². The number of pyridine rings is 1. The third-order valence-electron chi connectivity index (χ3n) is 3.41. The fourth-order valence-electron chi connectivity index (χ4n) is 2.27. The normalized spacial score (nSPS) is 18.2. The Hall–Kier alpha value is -2.61. The SMILES string of the molecule is c1cc(-c2nc([C@@H]3CCOC3)no2)cc(-n2cnnc2)n1. The minimum atomic E-state index is 0.224. The van der Waals surface area contributed by atoms with E-state index in [-0.39, 0.29) is 5.92 Å². The molecule has 8 heteroatoms. The topological polar surface area (TPSA) is 91.8 Å². The second-order valence-corrected chi connectivity index (χ2v) is 4.79. The number of aromatic nitrogens is 6. The van der Waals surface area contributed by atoms with Crippen LogP contribution in [-0.4, -0.2) is 43.1 Å². The summed E-state index contributed by atoms with van der Waals surface area (Å²) in [6.07, 6.45) is 5.79. The van der Waals surface area contributed by atoms with Gasteiger partial charge in [-0.1, -0.05) is 5.16 Å². The van der Waals surface area contributed by atoms with Crippen molar-refractivity contribution in [3.8, 4) is 17.3 Å². The van der Waals surface area contributed by atoms with Crippen LogP contribution >= 0.6 is 0 Å². The Bertz CT molecular complexity index is 733. The predicted molar refractivity (Wildman–Crippen MR) is 70.6 cm³/mol. The van der Waals surface area contributed by atoms with Crippen molar-refractivity contribution in [3.05, 3.63) is 36.8 Å². The van der Waals surface area contributed by atoms with Crippen LogP contribution in [0.2, 0.25) is 0 Å². The molecule has 0 unspecified atom stereocenters. The number of ether oxygens (including phenoxy) is 1. The highest BCUT2D eigenvalue weighted by Crippen LogP contribution is 2.25. The maximum atomic E-state index is 5.35. The first-order chi connectivity index (χ1) is 10.4. The molecule has 0 amide bonds. The fourth-order valence-corrected chi connectivity index (χ4v) is 2.27. The maximum absolute atomic E-state index is 5.35. The monoisotopic (exact) mass is 284 g/mol. The van der Waals surface area contributed by atoms with E-state index in [1.165, 1.54) is 0 Å². The van der Waals surface area contributed by atoms with E-state index in [1.54, 1.807) is 23.4 Å². The Morgan fingerprint density at radius 3 is 2.95 bits per heavy atom. The van der Waals surface area contributed by atoms with Crippen LogP contribution in [0.4, 0.5) is 0 Å². The van der Waals surface area contributed by atoms with Crippen molar-refractivity contribution in [2.45, 2.75) is 12.3 Å². The molecule has 0 saturated carbocycles. The number of nitrogens with zero attached hydrogens (tertiary/aromatic N) is 6. The Balaban J connectivity index is 1.65. The molecule has 0 radical (unpaired) electrons. The van der Waals surface area contributed by atoms with Gasteiger partial charge in [-0.3, -0.25) is 4.57 Å². The van der Waals surface area contributed by atoms with E-state index < -0.39 is 0 Å². The van der Waals surface area contributed by atoms with E-state index in [2.05, 4.69) is 25.3 Å². The molecule has 4 rings (SSSR count). The molecule has 1 aliphatic heterocycles. The molecule has 1 fully saturated rings. The predicted octanol–water partition coefficient (Wildman–Crippen LogP) is 1.22. The van der Waals surface area contributed by atoms with Crippen molar-refractivity contribution < 1.29 is 9.26 Å². The van der Waals surface area contributed by atoms with Gasteiger partial charge in [0, 0.05) is 24.3 Å². The van der Waals surface area contributed by atoms with Gasteiger partial charge in [-0.15, -0.1) is 10.2 Å². The molecule has 8 nitrogen and oxygen atoms in total. The van der Waals surface area contributed by atoms with Crippen LogP contribution in [0.1, 0.15) is 18.2 Å². The number of hydrogen-bond acceptors (Lipinski definition) is 7. The Morgan fingerprint density at radius 2 is 2.14 bits per heavy atom. The summed E-state index contributed by atoms with van der Waals surface area (Å²) in [6.45, 7) is 1.41. The molecule has 0 aromatic carbocycles. The molecular weight excluding hydrogens is 272 g/mol. The largest absolute Gasteiger partial charge is 0.381 e. The fraction of sp³-hybridized carbons (Fsp3) is 0.308. The van der Waals surface area contributed by atoms with Crippen molar-refractivity contribution in [1.29, 1.82) is 0 Å². The van der Waals surface area contributed by atoms with E-state index in [9.17, 15) is 0 Å². The molecule has 3 aromatic heterocycles. The average Bonchev–Trinajstić information content (AvgIpc) is 3.26. The third kappa shape index (κ3) is 2.29. The standard InChI is InChI=1S/C13H12N6O2/c1-3-14-11(19-7-15-16-8-19)5-9(1)13-17-12(18-21-13)10-2-4-20-6-10/h1,3,5,7-8,10H,2,4,6H2/t10-/m1/s1. The van der Waals surface area contributed by atoms with Gasteiger partial charge in [-0.05, 0) is 18.6 Å². The van der Waals surface area contributed by atoms with Gasteiger partial charge >= 0.3 is 0 Å². The molecule has 0 bridgehead atoms. The molecule has 0 spiro atoms. The summed E-state index contributed by atoms with van der Waals surface area (Å²) in [5.74, 6) is 2.10. The first-order valence-electron chi connectivity index (χ1n) is 6.63. The van der Waals surface area contributed by atoms with Gasteiger partial charge in [0.2, 0.25) is 0 Å². The van der Waals surface area contributed by atoms with Crippen LogP contribution in [0.15, 0.2) is 35.5 Å². The van der Waals surface area contributed by atoms with Crippen molar-refractivity contribution >= 4 is 0 Å². The van der Waals surface area contributed by atoms with E-state index in [4.69, 9.17) is 9.26 Å². The summed E-state index contributed by atoms with van der Waals surface area (Å²) in [4.78, 5) is 8.72. The zero-order valence-electron chi connectivity index (χ0n) is 11.1. The Kier molecular flexibility index (Phi) is 2.93. The smallest absolute Gasteiger partial charge is 0.258 e. The van der Waals surface area contributed by atoms with E-state index in [0.717, 1.165) is 18.6 Å². The highest BCUT2D eigenvalue weighted by molar-refractivity contribution is 5.55. The summed E-state index contributed by atoms with van der Waals surface area (Å²) < 4.78 is 12.4. The van der Waals surface area contributed by atoms with Crippen LogP contribution in [0.25, 0.3) is 17.3 Å². The van der Waals surface area contributed by atoms with Gasteiger partial charge in [0.1, 0.15) is 18.5 Å². The molecule has 1 atom stereocenters. The highest BCUT2D eigenvalue weighted by atomic mass is 16.5. The molecule has 3 aromatic rings. The highest BCUT2D eigenvalue weighted by Gasteiger charge is 2.23. The molecule has 1 aliphatic rings. The number of hydrogen-bond donors (Lipinski definition) is 0. The molecule has 4 heterocycles. The number of rotatable bonds is 3. The van der Waals surface area contributed by atoms with Crippen molar-refractivity contribution in [2.75, 3.05) is 13.2 Å². The summed E-state index contributed by atoms with van der Waals surface area (Å²) in [5, 5.41) is 11.6. The van der Waals surface area contributed by atoms with Gasteiger partial charge in [-0.25, -0.2) is 4.98 Å². The molecule has 21 heavy (non-hydrogen) atoms. The summed E-state index contributed by atoms with van der Waals surface area (Å²) >= 11 is 0. The lowest BCUT2D eigenvalue weighted by molar-refractivity contribution is 0.192. The average molecular weight is 284 g/mol. The lowest BCUT2D eigenvalue weighted by Crippen LogP contribution is -1.99. The van der Waals surface area contributed by atoms with Gasteiger partial charge in [0.05, 0.1) is 6.61 Å². The van der Waals surface area contributed by atoms with Crippen molar-refractivity contribution in [1.82, 2.24) is 29.9 Å². The lowest BCUT2D eigenvalue weighted by Gasteiger charge is -2.01. The summed E-state index contributed by atoms with van der Waals surface area (Å²) in [7, 11) is 0. The van der Waals surface area contributed by atoms with Gasteiger partial charge in [0.25, 0.3) is 5.89 Å². The van der Waals surface area contributed by atoms with E-state index in [0.29, 0.717) is 24.1 Å². The minimum absolute atomic E-state index is 0.224. The van der Waals surface area contributed by atoms with Crippen LogP contribution in [-0.2, 0) is 4.74 Å². The lowest BCUT2D eigenvalue weighted by atomic mass is 10.1. The Labute approximate surface area is 119 Å². The summed E-state index contributed by atoms with van der Waals surface area (Å²) in [6, 6.07) is 3.68. The third-order valence-corrected chi connectivity index (χ3v) is 3.41. The molecule has 1 saturated heterocycles. The molecule has 0 aliphatic carbocycles. The minimum Gasteiger partial charge on any atom is -0.381 e. The molecule has 0 N–H and O–H groups in total. The van der Waals surface area contributed by atoms with Gasteiger partial charge in [0.15, 0.2) is 5.82 Å². The second-order valence-electron chi connectivity index (χ2n) is 4.79.